The molecular weight excluding hydrogens is 308 g/mol. The summed E-state index contributed by atoms with van der Waals surface area (Å²) in [5, 5.41) is 0. The fourth-order valence-corrected chi connectivity index (χ4v) is 2.04. The van der Waals surface area contributed by atoms with Crippen molar-refractivity contribution >= 4 is 18.0 Å². The van der Waals surface area contributed by atoms with Gasteiger partial charge in [-0.1, -0.05) is 13.8 Å². The Labute approximate surface area is 143 Å². The number of carbonyl (C=O) groups excluding carboxylic acids is 3. The molecule has 0 aliphatic rings. The summed E-state index contributed by atoms with van der Waals surface area (Å²) in [4.78, 5) is 34.7. The van der Waals surface area contributed by atoms with Crippen LogP contribution in [0.4, 0.5) is 0 Å². The normalized spacial score (nSPS) is 12.3. The lowest BCUT2D eigenvalue weighted by Crippen LogP contribution is -2.32. The number of esters is 1. The van der Waals surface area contributed by atoms with Gasteiger partial charge in [0.25, 0.3) is 0 Å². The third-order valence-corrected chi connectivity index (χ3v) is 3.93. The number of ether oxygens (including phenoxy) is 2. The first-order chi connectivity index (χ1) is 11.3. The maximum atomic E-state index is 12.1. The molecule has 0 saturated heterocycles. The van der Waals surface area contributed by atoms with Gasteiger partial charge < -0.3 is 9.47 Å². The molecule has 0 fully saturated rings. The highest BCUT2D eigenvalue weighted by molar-refractivity contribution is 5.87. The number of benzene rings is 1. The molecule has 0 spiro atoms. The first-order valence-electron chi connectivity index (χ1n) is 8.18. The van der Waals surface area contributed by atoms with E-state index in [4.69, 9.17) is 9.47 Å². The number of aldehydes is 1. The molecule has 132 valence electrons. The number of hydrogen-bond acceptors (Lipinski definition) is 5. The Morgan fingerprint density at radius 1 is 1.17 bits per heavy atom. The molecule has 5 heteroatoms. The van der Waals surface area contributed by atoms with Gasteiger partial charge in [-0.2, -0.15) is 0 Å². The van der Waals surface area contributed by atoms with Crippen molar-refractivity contribution in [3.8, 4) is 5.75 Å². The van der Waals surface area contributed by atoms with Gasteiger partial charge in [-0.3, -0.25) is 14.4 Å². The Kier molecular flexibility index (Phi) is 7.62. The Morgan fingerprint density at radius 3 is 2.33 bits per heavy atom. The van der Waals surface area contributed by atoms with Crippen LogP contribution in [0.3, 0.4) is 0 Å². The minimum absolute atomic E-state index is 0.0465. The van der Waals surface area contributed by atoms with Crippen molar-refractivity contribution in [3.05, 3.63) is 29.8 Å². The Bertz CT molecular complexity index is 560. The van der Waals surface area contributed by atoms with Crippen LogP contribution in [0.15, 0.2) is 24.3 Å². The topological polar surface area (TPSA) is 69.7 Å². The first-order valence-corrected chi connectivity index (χ1v) is 8.18. The van der Waals surface area contributed by atoms with E-state index in [0.29, 0.717) is 11.3 Å². The number of carbonyl (C=O) groups is 3. The van der Waals surface area contributed by atoms with Gasteiger partial charge in [-0.15, -0.1) is 0 Å². The average Bonchev–Trinajstić information content (AvgIpc) is 2.57. The highest BCUT2D eigenvalue weighted by Gasteiger charge is 2.33. The smallest absolute Gasteiger partial charge is 0.312 e. The zero-order chi connectivity index (χ0) is 18.2. The van der Waals surface area contributed by atoms with E-state index in [1.165, 1.54) is 0 Å². The van der Waals surface area contributed by atoms with E-state index in [1.807, 2.05) is 13.8 Å². The van der Waals surface area contributed by atoms with Crippen LogP contribution in [0.2, 0.25) is 0 Å². The van der Waals surface area contributed by atoms with Gasteiger partial charge in [0, 0.05) is 17.9 Å². The lowest BCUT2D eigenvalue weighted by Gasteiger charge is -2.23. The quantitative estimate of drug-likeness (QED) is 0.372. The number of ketones is 1. The largest absolute Gasteiger partial charge is 0.490 e. The van der Waals surface area contributed by atoms with Crippen molar-refractivity contribution in [2.45, 2.75) is 40.5 Å². The van der Waals surface area contributed by atoms with E-state index in [2.05, 4.69) is 0 Å². The van der Waals surface area contributed by atoms with Crippen LogP contribution >= 0.6 is 0 Å². The molecule has 1 aromatic rings. The van der Waals surface area contributed by atoms with Gasteiger partial charge in [0.15, 0.2) is 0 Å². The van der Waals surface area contributed by atoms with Crippen LogP contribution in [0.1, 0.15) is 50.9 Å². The molecule has 0 heterocycles. The molecule has 1 atom stereocenters. The van der Waals surface area contributed by atoms with E-state index in [-0.39, 0.29) is 31.3 Å². The fraction of sp³-hybridized carbons (Fsp3) is 0.526. The van der Waals surface area contributed by atoms with Crippen molar-refractivity contribution in [3.63, 3.8) is 0 Å². The molecule has 1 aromatic carbocycles. The molecule has 0 aromatic heterocycles. The predicted octanol–water partition coefficient (Wildman–Crippen LogP) is 3.45. The zero-order valence-corrected chi connectivity index (χ0v) is 14.8. The molecule has 1 rings (SSSR count). The van der Waals surface area contributed by atoms with Gasteiger partial charge in [0.05, 0.1) is 5.41 Å². The van der Waals surface area contributed by atoms with E-state index in [1.54, 1.807) is 38.1 Å². The third kappa shape index (κ3) is 6.14. The monoisotopic (exact) mass is 334 g/mol. The summed E-state index contributed by atoms with van der Waals surface area (Å²) in [6, 6.07) is 6.66. The van der Waals surface area contributed by atoms with Crippen molar-refractivity contribution < 1.29 is 23.9 Å². The van der Waals surface area contributed by atoms with Crippen molar-refractivity contribution in [1.29, 1.82) is 0 Å². The van der Waals surface area contributed by atoms with Crippen LogP contribution in [0.25, 0.3) is 0 Å². The number of Topliss-reactive ketones (excluding diaryl/α,β-unsaturated/α-hetero) is 1. The molecule has 0 radical (unpaired) electrons. The first kappa shape index (κ1) is 19.9. The summed E-state index contributed by atoms with van der Waals surface area (Å²) >= 11 is 0. The summed E-state index contributed by atoms with van der Waals surface area (Å²) in [6.07, 6.45) is 1.70. The summed E-state index contributed by atoms with van der Waals surface area (Å²) in [7, 11) is 0. The van der Waals surface area contributed by atoms with E-state index >= 15 is 0 Å². The lowest BCUT2D eigenvalue weighted by atomic mass is 9.83. The highest BCUT2D eigenvalue weighted by Crippen LogP contribution is 2.25. The maximum absolute atomic E-state index is 12.1. The minimum atomic E-state index is -0.841. The SMILES string of the molecule is CCC(C)C(=O)CC(C)(C)C(=O)OCCOc1ccc(C=O)cc1. The minimum Gasteiger partial charge on any atom is -0.490 e. The van der Waals surface area contributed by atoms with Crippen molar-refractivity contribution in [2.75, 3.05) is 13.2 Å². The molecular formula is C19H26O5. The highest BCUT2D eigenvalue weighted by atomic mass is 16.6. The van der Waals surface area contributed by atoms with E-state index in [9.17, 15) is 14.4 Å². The molecule has 0 bridgehead atoms. The summed E-state index contributed by atoms with van der Waals surface area (Å²) in [5.74, 6) is 0.225. The molecule has 0 amide bonds. The van der Waals surface area contributed by atoms with Crippen molar-refractivity contribution in [1.82, 2.24) is 0 Å². The second-order valence-electron chi connectivity index (χ2n) is 6.51. The number of hydrogen-bond donors (Lipinski definition) is 0. The Morgan fingerprint density at radius 2 is 1.79 bits per heavy atom. The van der Waals surface area contributed by atoms with Gasteiger partial charge in [0.2, 0.25) is 0 Å². The summed E-state index contributed by atoms with van der Waals surface area (Å²) < 4.78 is 10.7. The molecule has 0 aliphatic carbocycles. The summed E-state index contributed by atoms with van der Waals surface area (Å²) in [5.41, 5.74) is -0.270. The maximum Gasteiger partial charge on any atom is 0.312 e. The average molecular weight is 334 g/mol. The second kappa shape index (κ2) is 9.21. The van der Waals surface area contributed by atoms with Crippen LogP contribution in [-0.4, -0.2) is 31.3 Å². The molecule has 1 unspecified atom stereocenters. The van der Waals surface area contributed by atoms with Crippen LogP contribution < -0.4 is 4.74 Å². The van der Waals surface area contributed by atoms with Gasteiger partial charge in [-0.25, -0.2) is 0 Å². The lowest BCUT2D eigenvalue weighted by molar-refractivity contribution is -0.156. The Hall–Kier alpha value is -2.17. The van der Waals surface area contributed by atoms with E-state index < -0.39 is 11.4 Å². The Balaban J connectivity index is 2.38. The van der Waals surface area contributed by atoms with Crippen LogP contribution in [0.5, 0.6) is 5.75 Å². The fourth-order valence-electron chi connectivity index (χ4n) is 2.04. The zero-order valence-electron chi connectivity index (χ0n) is 14.8. The van der Waals surface area contributed by atoms with E-state index in [0.717, 1.165) is 12.7 Å². The molecule has 0 saturated carbocycles. The molecule has 0 aliphatic heterocycles. The molecule has 24 heavy (non-hydrogen) atoms. The van der Waals surface area contributed by atoms with Crippen molar-refractivity contribution in [2.24, 2.45) is 11.3 Å². The third-order valence-electron chi connectivity index (χ3n) is 3.93. The molecule has 0 N–H and O–H groups in total. The van der Waals surface area contributed by atoms with Gasteiger partial charge in [-0.05, 0) is 44.5 Å². The second-order valence-corrected chi connectivity index (χ2v) is 6.51. The van der Waals surface area contributed by atoms with Gasteiger partial charge in [0.1, 0.15) is 31.0 Å². The predicted molar refractivity (Wildman–Crippen MR) is 91.1 cm³/mol. The summed E-state index contributed by atoms with van der Waals surface area (Å²) in [6.45, 7) is 7.57. The standard InChI is InChI=1S/C19H26O5/c1-5-14(2)17(21)12-19(3,4)18(22)24-11-10-23-16-8-6-15(13-20)7-9-16/h6-9,13-14H,5,10-12H2,1-4H3. The molecule has 5 nitrogen and oxygen atoms in total. The van der Waals surface area contributed by atoms with Crippen LogP contribution in [0, 0.1) is 11.3 Å². The van der Waals surface area contributed by atoms with Gasteiger partial charge >= 0.3 is 5.97 Å². The van der Waals surface area contributed by atoms with Crippen LogP contribution in [-0.2, 0) is 14.3 Å². The number of rotatable bonds is 10.